The van der Waals surface area contributed by atoms with Crippen LogP contribution in [0.1, 0.15) is 5.69 Å². The Hall–Kier alpha value is -2.25. The Bertz CT molecular complexity index is 683. The van der Waals surface area contributed by atoms with Crippen LogP contribution in [-0.2, 0) is 16.1 Å². The first-order chi connectivity index (χ1) is 10.1. The average molecular weight is 291 g/mol. The number of carboxylic acids is 1. The Balaban J connectivity index is 2.23. The minimum absolute atomic E-state index is 0.126. The van der Waals surface area contributed by atoms with Crippen molar-refractivity contribution in [2.24, 2.45) is 0 Å². The van der Waals surface area contributed by atoms with E-state index < -0.39 is 5.97 Å². The maximum atomic E-state index is 12.0. The SMILES string of the molecule is COCCN(CC(=O)O)Cc1cc(=O)n2ccccc2n1. The number of carboxylic acid groups (broad SMARTS) is 1. The third-order valence-corrected chi connectivity index (χ3v) is 2.98. The van der Waals surface area contributed by atoms with E-state index in [0.717, 1.165) is 0 Å². The average Bonchev–Trinajstić information content (AvgIpc) is 2.44. The highest BCUT2D eigenvalue weighted by Gasteiger charge is 2.12. The van der Waals surface area contributed by atoms with Gasteiger partial charge in [-0.1, -0.05) is 6.07 Å². The number of rotatable bonds is 7. The maximum Gasteiger partial charge on any atom is 0.317 e. The van der Waals surface area contributed by atoms with Gasteiger partial charge in [0, 0.05) is 32.5 Å². The second-order valence-corrected chi connectivity index (χ2v) is 4.61. The molecule has 0 amide bonds. The predicted octanol–water partition coefficient (Wildman–Crippen LogP) is 0.228. The number of hydrogen-bond donors (Lipinski definition) is 1. The molecule has 0 spiro atoms. The molecular formula is C14H17N3O4. The molecule has 0 aliphatic carbocycles. The molecule has 2 heterocycles. The zero-order valence-electron chi connectivity index (χ0n) is 11.7. The third-order valence-electron chi connectivity index (χ3n) is 2.98. The summed E-state index contributed by atoms with van der Waals surface area (Å²) in [7, 11) is 1.56. The van der Waals surface area contributed by atoms with Gasteiger partial charge < -0.3 is 9.84 Å². The van der Waals surface area contributed by atoms with Gasteiger partial charge in [-0.2, -0.15) is 0 Å². The highest BCUT2D eigenvalue weighted by molar-refractivity contribution is 5.69. The van der Waals surface area contributed by atoms with Gasteiger partial charge in [-0.15, -0.1) is 0 Å². The van der Waals surface area contributed by atoms with E-state index in [1.807, 2.05) is 0 Å². The van der Waals surface area contributed by atoms with Crippen molar-refractivity contribution in [1.82, 2.24) is 14.3 Å². The van der Waals surface area contributed by atoms with E-state index in [1.165, 1.54) is 10.5 Å². The molecule has 0 saturated heterocycles. The maximum absolute atomic E-state index is 12.0. The molecule has 7 heteroatoms. The normalized spacial score (nSPS) is 11.1. The molecule has 2 aromatic heterocycles. The number of ether oxygens (including phenoxy) is 1. The summed E-state index contributed by atoms with van der Waals surface area (Å²) >= 11 is 0. The van der Waals surface area contributed by atoms with Crippen LogP contribution in [0.4, 0.5) is 0 Å². The van der Waals surface area contributed by atoms with E-state index in [1.54, 1.807) is 36.4 Å². The van der Waals surface area contributed by atoms with Crippen LogP contribution < -0.4 is 5.56 Å². The van der Waals surface area contributed by atoms with Gasteiger partial charge in [0.2, 0.25) is 0 Å². The summed E-state index contributed by atoms with van der Waals surface area (Å²) in [5.74, 6) is -0.927. The van der Waals surface area contributed by atoms with E-state index in [2.05, 4.69) is 4.98 Å². The number of aliphatic carboxylic acids is 1. The van der Waals surface area contributed by atoms with Gasteiger partial charge in [0.25, 0.3) is 5.56 Å². The Kier molecular flexibility index (Phi) is 5.02. The summed E-state index contributed by atoms with van der Waals surface area (Å²) in [6, 6.07) is 6.72. The molecule has 0 fully saturated rings. The van der Waals surface area contributed by atoms with Crippen LogP contribution in [0.15, 0.2) is 35.3 Å². The predicted molar refractivity (Wildman–Crippen MR) is 76.3 cm³/mol. The van der Waals surface area contributed by atoms with E-state index in [4.69, 9.17) is 9.84 Å². The third kappa shape index (κ3) is 4.11. The monoisotopic (exact) mass is 291 g/mol. The zero-order chi connectivity index (χ0) is 15.2. The van der Waals surface area contributed by atoms with Crippen LogP contribution in [0.2, 0.25) is 0 Å². The Morgan fingerprint density at radius 1 is 1.48 bits per heavy atom. The van der Waals surface area contributed by atoms with Crippen molar-refractivity contribution in [3.8, 4) is 0 Å². The summed E-state index contributed by atoms with van der Waals surface area (Å²) in [4.78, 5) is 28.9. The van der Waals surface area contributed by atoms with Crippen LogP contribution in [0.25, 0.3) is 5.65 Å². The molecule has 0 bridgehead atoms. The van der Waals surface area contributed by atoms with E-state index in [0.29, 0.717) is 24.5 Å². The highest BCUT2D eigenvalue weighted by Crippen LogP contribution is 2.03. The molecule has 0 aromatic carbocycles. The molecule has 2 rings (SSSR count). The lowest BCUT2D eigenvalue weighted by Crippen LogP contribution is -2.33. The topological polar surface area (TPSA) is 84.1 Å². The summed E-state index contributed by atoms with van der Waals surface area (Å²) in [6.07, 6.45) is 1.65. The van der Waals surface area contributed by atoms with Gasteiger partial charge in [0.05, 0.1) is 18.8 Å². The van der Waals surface area contributed by atoms with Crippen molar-refractivity contribution in [1.29, 1.82) is 0 Å². The van der Waals surface area contributed by atoms with Crippen molar-refractivity contribution >= 4 is 11.6 Å². The number of pyridine rings is 1. The zero-order valence-corrected chi connectivity index (χ0v) is 11.7. The fraction of sp³-hybridized carbons (Fsp3) is 0.357. The summed E-state index contributed by atoms with van der Waals surface area (Å²) in [6.45, 7) is 1.04. The quantitative estimate of drug-likeness (QED) is 0.786. The van der Waals surface area contributed by atoms with Crippen LogP contribution in [-0.4, -0.2) is 52.2 Å². The molecule has 21 heavy (non-hydrogen) atoms. The number of hydrogen-bond acceptors (Lipinski definition) is 5. The number of nitrogens with zero attached hydrogens (tertiary/aromatic N) is 3. The van der Waals surface area contributed by atoms with Gasteiger partial charge in [0.1, 0.15) is 5.65 Å². The second-order valence-electron chi connectivity index (χ2n) is 4.61. The van der Waals surface area contributed by atoms with Crippen molar-refractivity contribution < 1.29 is 14.6 Å². The minimum atomic E-state index is -0.927. The number of fused-ring (bicyclic) bond motifs is 1. The number of aromatic nitrogens is 2. The van der Waals surface area contributed by atoms with E-state index in [9.17, 15) is 9.59 Å². The summed E-state index contributed by atoms with van der Waals surface area (Å²) < 4.78 is 6.41. The first-order valence-electron chi connectivity index (χ1n) is 6.50. The van der Waals surface area contributed by atoms with Crippen LogP contribution in [0.3, 0.4) is 0 Å². The van der Waals surface area contributed by atoms with Gasteiger partial charge in [-0.05, 0) is 12.1 Å². The van der Waals surface area contributed by atoms with Crippen molar-refractivity contribution in [2.75, 3.05) is 26.8 Å². The summed E-state index contributed by atoms with van der Waals surface area (Å²) in [5.41, 5.74) is 0.906. The van der Waals surface area contributed by atoms with Gasteiger partial charge in [0.15, 0.2) is 0 Å². The molecule has 0 atom stereocenters. The lowest BCUT2D eigenvalue weighted by Gasteiger charge is -2.19. The molecule has 112 valence electrons. The molecule has 1 N–H and O–H groups in total. The molecule has 7 nitrogen and oxygen atoms in total. The van der Waals surface area contributed by atoms with Crippen LogP contribution in [0.5, 0.6) is 0 Å². The van der Waals surface area contributed by atoms with Crippen LogP contribution in [0, 0.1) is 0 Å². The fourth-order valence-corrected chi connectivity index (χ4v) is 2.04. The van der Waals surface area contributed by atoms with Crippen molar-refractivity contribution in [2.45, 2.75) is 6.54 Å². The van der Waals surface area contributed by atoms with E-state index in [-0.39, 0.29) is 18.6 Å². The molecular weight excluding hydrogens is 274 g/mol. The first kappa shape index (κ1) is 15.1. The molecule has 0 unspecified atom stereocenters. The number of methoxy groups -OCH3 is 1. The minimum Gasteiger partial charge on any atom is -0.480 e. The van der Waals surface area contributed by atoms with Gasteiger partial charge >= 0.3 is 5.97 Å². The Labute approximate surface area is 121 Å². The van der Waals surface area contributed by atoms with Gasteiger partial charge in [-0.3, -0.25) is 18.9 Å². The Morgan fingerprint density at radius 3 is 3.00 bits per heavy atom. The van der Waals surface area contributed by atoms with E-state index >= 15 is 0 Å². The second kappa shape index (κ2) is 6.96. The molecule has 0 saturated carbocycles. The van der Waals surface area contributed by atoms with Crippen molar-refractivity contribution in [3.63, 3.8) is 0 Å². The fourth-order valence-electron chi connectivity index (χ4n) is 2.04. The number of carbonyl (C=O) groups is 1. The summed E-state index contributed by atoms with van der Waals surface area (Å²) in [5, 5.41) is 8.92. The Morgan fingerprint density at radius 2 is 2.29 bits per heavy atom. The molecule has 0 aliphatic rings. The largest absolute Gasteiger partial charge is 0.480 e. The van der Waals surface area contributed by atoms with Gasteiger partial charge in [-0.25, -0.2) is 4.98 Å². The van der Waals surface area contributed by atoms with Crippen molar-refractivity contribution in [3.05, 3.63) is 46.5 Å². The lowest BCUT2D eigenvalue weighted by molar-refractivity contribution is -0.138. The van der Waals surface area contributed by atoms with Crippen LogP contribution >= 0.6 is 0 Å². The first-order valence-corrected chi connectivity index (χ1v) is 6.50. The smallest absolute Gasteiger partial charge is 0.317 e. The molecule has 0 aliphatic heterocycles. The standard InChI is InChI=1S/C14H17N3O4/c1-21-7-6-16(10-14(19)20)9-11-8-13(18)17-5-3-2-4-12(17)15-11/h2-5,8H,6-7,9-10H2,1H3,(H,19,20). The molecule has 2 aromatic rings. The molecule has 0 radical (unpaired) electrons. The highest BCUT2D eigenvalue weighted by atomic mass is 16.5. The lowest BCUT2D eigenvalue weighted by atomic mass is 10.3.